The third kappa shape index (κ3) is 2.05. The fourth-order valence-corrected chi connectivity index (χ4v) is 3.47. The molecule has 0 saturated carbocycles. The summed E-state index contributed by atoms with van der Waals surface area (Å²) in [6.07, 6.45) is 0. The molecule has 1 aromatic carbocycles. The highest BCUT2D eigenvalue weighted by atomic mass is 32.1. The van der Waals surface area contributed by atoms with Crippen LogP contribution in [0, 0.1) is 13.8 Å². The largest absolute Gasteiger partial charge is 0.328 e. The molecule has 0 spiro atoms. The minimum Gasteiger partial charge on any atom is -0.295 e. The van der Waals surface area contributed by atoms with Crippen LogP contribution in [-0.4, -0.2) is 14.9 Å². The molecular weight excluding hydrogens is 284 g/mol. The summed E-state index contributed by atoms with van der Waals surface area (Å²) in [5.74, 6) is 0.00871. The van der Waals surface area contributed by atoms with Gasteiger partial charge in [0.1, 0.15) is 0 Å². The fourth-order valence-electron chi connectivity index (χ4n) is 2.48. The normalized spacial score (nSPS) is 11.2. The van der Waals surface area contributed by atoms with E-state index in [9.17, 15) is 9.59 Å². The Balaban J connectivity index is 2.15. The lowest BCUT2D eigenvalue weighted by Crippen LogP contribution is -2.19. The Morgan fingerprint density at radius 3 is 2.33 bits per heavy atom. The first-order valence-electron chi connectivity index (χ1n) is 6.67. The van der Waals surface area contributed by atoms with Crippen LogP contribution in [0.1, 0.15) is 25.7 Å². The van der Waals surface area contributed by atoms with Gasteiger partial charge < -0.3 is 0 Å². The smallest absolute Gasteiger partial charge is 0.295 e. The highest BCUT2D eigenvalue weighted by Crippen LogP contribution is 2.24. The Morgan fingerprint density at radius 1 is 1.05 bits per heavy atom. The number of hydrogen-bond acceptors (Lipinski definition) is 3. The van der Waals surface area contributed by atoms with Crippen LogP contribution in [-0.2, 0) is 14.1 Å². The number of carbonyl (C=O) groups is 1. The number of carbonyl (C=O) groups excluding carboxylic acids is 1. The molecule has 0 saturated heterocycles. The molecule has 2 aromatic heterocycles. The van der Waals surface area contributed by atoms with Gasteiger partial charge in [-0.3, -0.25) is 13.9 Å². The minimum absolute atomic E-state index is 0.00871. The molecule has 0 unspecified atom stereocenters. The summed E-state index contributed by atoms with van der Waals surface area (Å²) in [5, 5.41) is 0. The Bertz CT molecular complexity index is 908. The molecule has 4 nitrogen and oxygen atoms in total. The van der Waals surface area contributed by atoms with Crippen LogP contribution in [0.2, 0.25) is 0 Å². The van der Waals surface area contributed by atoms with Gasteiger partial charge in [-0.25, -0.2) is 4.79 Å². The molecule has 3 rings (SSSR count). The molecule has 0 bridgehead atoms. The summed E-state index contributed by atoms with van der Waals surface area (Å²) in [6.45, 7) is 4.02. The van der Waals surface area contributed by atoms with E-state index in [1.165, 1.54) is 11.3 Å². The molecule has 0 radical (unpaired) electrons. The molecule has 21 heavy (non-hydrogen) atoms. The van der Waals surface area contributed by atoms with Crippen molar-refractivity contribution in [2.75, 3.05) is 0 Å². The van der Waals surface area contributed by atoms with Gasteiger partial charge >= 0.3 is 5.69 Å². The van der Waals surface area contributed by atoms with Crippen molar-refractivity contribution < 1.29 is 4.79 Å². The number of hydrogen-bond donors (Lipinski definition) is 0. The molecule has 0 fully saturated rings. The zero-order valence-corrected chi connectivity index (χ0v) is 13.2. The average Bonchev–Trinajstić information content (AvgIpc) is 2.92. The van der Waals surface area contributed by atoms with E-state index in [0.717, 1.165) is 26.4 Å². The molecule has 0 N–H and O–H groups in total. The molecule has 2 heterocycles. The molecule has 0 aliphatic carbocycles. The van der Waals surface area contributed by atoms with Crippen LogP contribution in [0.3, 0.4) is 0 Å². The van der Waals surface area contributed by atoms with Gasteiger partial charge in [0.25, 0.3) is 0 Å². The van der Waals surface area contributed by atoms with Crippen LogP contribution in [0.25, 0.3) is 11.0 Å². The molecule has 108 valence electrons. The number of rotatable bonds is 2. The quantitative estimate of drug-likeness (QED) is 0.683. The van der Waals surface area contributed by atoms with Gasteiger partial charge in [-0.15, -0.1) is 11.3 Å². The SMILES string of the molecule is Cc1cc(C(=O)c2ccc3c(c2)n(C)c(=O)n3C)sc1C. The summed E-state index contributed by atoms with van der Waals surface area (Å²) >= 11 is 1.51. The van der Waals surface area contributed by atoms with E-state index in [2.05, 4.69) is 0 Å². The molecule has 5 heteroatoms. The van der Waals surface area contributed by atoms with E-state index < -0.39 is 0 Å². The monoisotopic (exact) mass is 300 g/mol. The Kier molecular flexibility index (Phi) is 3.10. The lowest BCUT2D eigenvalue weighted by Gasteiger charge is -2.00. The molecule has 0 aliphatic rings. The van der Waals surface area contributed by atoms with Crippen molar-refractivity contribution in [2.45, 2.75) is 13.8 Å². The molecule has 0 amide bonds. The van der Waals surface area contributed by atoms with E-state index in [0.29, 0.717) is 5.56 Å². The Morgan fingerprint density at radius 2 is 1.71 bits per heavy atom. The summed E-state index contributed by atoms with van der Waals surface area (Å²) in [6, 6.07) is 7.34. The van der Waals surface area contributed by atoms with Gasteiger partial charge in [0, 0.05) is 24.5 Å². The van der Waals surface area contributed by atoms with E-state index in [1.54, 1.807) is 35.4 Å². The second-order valence-corrected chi connectivity index (χ2v) is 6.54. The highest BCUT2D eigenvalue weighted by molar-refractivity contribution is 7.14. The zero-order chi connectivity index (χ0) is 15.3. The number of ketones is 1. The summed E-state index contributed by atoms with van der Waals surface area (Å²) in [5.41, 5.74) is 3.27. The van der Waals surface area contributed by atoms with Crippen molar-refractivity contribution in [3.05, 3.63) is 55.6 Å². The van der Waals surface area contributed by atoms with Gasteiger partial charge in [-0.1, -0.05) is 0 Å². The first kappa shape index (κ1) is 13.8. The number of imidazole rings is 1. The van der Waals surface area contributed by atoms with Gasteiger partial charge in [0.05, 0.1) is 15.9 Å². The van der Waals surface area contributed by atoms with Gasteiger partial charge in [-0.2, -0.15) is 0 Å². The maximum atomic E-state index is 12.6. The topological polar surface area (TPSA) is 44.0 Å². The number of aromatic nitrogens is 2. The zero-order valence-electron chi connectivity index (χ0n) is 12.4. The van der Waals surface area contributed by atoms with Crippen molar-refractivity contribution in [2.24, 2.45) is 14.1 Å². The minimum atomic E-state index is -0.0857. The Labute approximate surface area is 126 Å². The Hall–Kier alpha value is -2.14. The van der Waals surface area contributed by atoms with Crippen LogP contribution in [0.4, 0.5) is 0 Å². The van der Waals surface area contributed by atoms with Crippen molar-refractivity contribution in [1.29, 1.82) is 0 Å². The van der Waals surface area contributed by atoms with Crippen molar-refractivity contribution >= 4 is 28.2 Å². The predicted molar refractivity (Wildman–Crippen MR) is 85.4 cm³/mol. The first-order chi connectivity index (χ1) is 9.90. The standard InChI is InChI=1S/C16H16N2O2S/c1-9-7-14(21-10(9)2)15(19)11-5-6-12-13(8-11)18(4)16(20)17(12)3/h5-8H,1-4H3. The second-order valence-electron chi connectivity index (χ2n) is 5.28. The van der Waals surface area contributed by atoms with E-state index in [4.69, 9.17) is 0 Å². The third-order valence-electron chi connectivity index (χ3n) is 3.92. The van der Waals surface area contributed by atoms with Crippen molar-refractivity contribution in [1.82, 2.24) is 9.13 Å². The molecular formula is C16H16N2O2S. The van der Waals surface area contributed by atoms with Gasteiger partial charge in [0.2, 0.25) is 5.78 Å². The van der Waals surface area contributed by atoms with Crippen LogP contribution in [0.5, 0.6) is 0 Å². The van der Waals surface area contributed by atoms with Gasteiger partial charge in [0.15, 0.2) is 0 Å². The third-order valence-corrected chi connectivity index (χ3v) is 5.08. The van der Waals surface area contributed by atoms with Crippen molar-refractivity contribution in [3.63, 3.8) is 0 Å². The van der Waals surface area contributed by atoms with Crippen LogP contribution in [0.15, 0.2) is 29.1 Å². The van der Waals surface area contributed by atoms with Gasteiger partial charge in [-0.05, 0) is 43.7 Å². The number of nitrogens with zero attached hydrogens (tertiary/aromatic N) is 2. The highest BCUT2D eigenvalue weighted by Gasteiger charge is 2.15. The number of benzene rings is 1. The van der Waals surface area contributed by atoms with Crippen LogP contribution >= 0.6 is 11.3 Å². The maximum absolute atomic E-state index is 12.6. The first-order valence-corrected chi connectivity index (χ1v) is 7.49. The number of fused-ring (bicyclic) bond motifs is 1. The predicted octanol–water partition coefficient (Wildman–Crippen LogP) is 2.79. The van der Waals surface area contributed by atoms with Crippen molar-refractivity contribution in [3.8, 4) is 0 Å². The average molecular weight is 300 g/mol. The second kappa shape index (κ2) is 4.70. The van der Waals surface area contributed by atoms with Crippen LogP contribution < -0.4 is 5.69 Å². The van der Waals surface area contributed by atoms with E-state index >= 15 is 0 Å². The maximum Gasteiger partial charge on any atom is 0.328 e. The van der Waals surface area contributed by atoms with E-state index in [1.807, 2.05) is 26.0 Å². The number of aryl methyl sites for hydroxylation is 4. The molecule has 3 aromatic rings. The molecule has 0 aliphatic heterocycles. The lowest BCUT2D eigenvalue weighted by atomic mass is 10.1. The summed E-state index contributed by atoms with van der Waals surface area (Å²) in [7, 11) is 3.45. The fraction of sp³-hybridized carbons (Fsp3) is 0.250. The summed E-state index contributed by atoms with van der Waals surface area (Å²) in [4.78, 5) is 26.4. The summed E-state index contributed by atoms with van der Waals surface area (Å²) < 4.78 is 3.15. The molecule has 0 atom stereocenters. The van der Waals surface area contributed by atoms with E-state index in [-0.39, 0.29) is 11.5 Å². The lowest BCUT2D eigenvalue weighted by molar-refractivity contribution is 0.104. The number of thiophene rings is 1.